The Kier molecular flexibility index (Phi) is 3.87. The molecule has 0 bridgehead atoms. The molecule has 120 valence electrons. The Balaban J connectivity index is 2.06. The van der Waals surface area contributed by atoms with Gasteiger partial charge in [0.15, 0.2) is 0 Å². The predicted molar refractivity (Wildman–Crippen MR) is 89.3 cm³/mol. The summed E-state index contributed by atoms with van der Waals surface area (Å²) in [5.41, 5.74) is 8.70. The number of carbonyl (C=O) groups excluding carboxylic acids is 1. The van der Waals surface area contributed by atoms with Crippen molar-refractivity contribution in [3.8, 4) is 0 Å². The Bertz CT molecular complexity index is 586. The molecule has 2 heterocycles. The van der Waals surface area contributed by atoms with Crippen LogP contribution in [-0.4, -0.2) is 24.0 Å². The minimum absolute atomic E-state index is 0.0849. The van der Waals surface area contributed by atoms with E-state index in [1.165, 1.54) is 5.56 Å². The number of amides is 1. The number of rotatable bonds is 2. The first-order valence-electron chi connectivity index (χ1n) is 8.47. The second-order valence-electron chi connectivity index (χ2n) is 7.64. The Labute approximate surface area is 133 Å². The smallest absolute Gasteiger partial charge is 0.252 e. The van der Waals surface area contributed by atoms with Gasteiger partial charge in [0, 0.05) is 18.5 Å². The fraction of sp³-hybridized carbons (Fsp3) is 0.667. The normalized spacial score (nSPS) is 21.5. The molecule has 1 aromatic rings. The molecule has 0 radical (unpaired) electrons. The summed E-state index contributed by atoms with van der Waals surface area (Å²) in [5, 5.41) is 0. The van der Waals surface area contributed by atoms with Crippen LogP contribution in [0.2, 0.25) is 0 Å². The summed E-state index contributed by atoms with van der Waals surface area (Å²) in [4.78, 5) is 19.1. The zero-order valence-electron chi connectivity index (χ0n) is 14.0. The van der Waals surface area contributed by atoms with E-state index in [1.54, 1.807) is 0 Å². The van der Waals surface area contributed by atoms with Gasteiger partial charge in [-0.05, 0) is 49.7 Å². The van der Waals surface area contributed by atoms with Crippen molar-refractivity contribution >= 4 is 11.7 Å². The van der Waals surface area contributed by atoms with E-state index in [9.17, 15) is 4.79 Å². The SMILES string of the molecule is CC1CCN(c2nc3c(cc2C(N)=O)CCCC3(C)C)CC1. The summed E-state index contributed by atoms with van der Waals surface area (Å²) in [6.07, 6.45) is 5.62. The van der Waals surface area contributed by atoms with Crippen LogP contribution in [0.4, 0.5) is 5.82 Å². The van der Waals surface area contributed by atoms with Crippen molar-refractivity contribution in [3.63, 3.8) is 0 Å². The molecule has 2 aliphatic rings. The molecular weight excluding hydrogens is 274 g/mol. The number of pyridine rings is 1. The number of nitrogens with two attached hydrogens (primary N) is 1. The summed E-state index contributed by atoms with van der Waals surface area (Å²) in [6.45, 7) is 8.73. The van der Waals surface area contributed by atoms with Crippen molar-refractivity contribution in [3.05, 3.63) is 22.9 Å². The van der Waals surface area contributed by atoms with Gasteiger partial charge in [-0.1, -0.05) is 20.8 Å². The summed E-state index contributed by atoms with van der Waals surface area (Å²) in [6, 6.07) is 2.01. The van der Waals surface area contributed by atoms with Crippen LogP contribution in [0.5, 0.6) is 0 Å². The van der Waals surface area contributed by atoms with Gasteiger partial charge in [0.05, 0.1) is 11.3 Å². The number of primary amides is 1. The molecule has 1 aliphatic heterocycles. The zero-order valence-corrected chi connectivity index (χ0v) is 14.0. The van der Waals surface area contributed by atoms with Gasteiger partial charge in [-0.15, -0.1) is 0 Å². The lowest BCUT2D eigenvalue weighted by Crippen LogP contribution is -2.36. The van der Waals surface area contributed by atoms with Crippen LogP contribution in [0.15, 0.2) is 6.07 Å². The van der Waals surface area contributed by atoms with Crippen LogP contribution < -0.4 is 10.6 Å². The van der Waals surface area contributed by atoms with Crippen molar-refractivity contribution < 1.29 is 4.79 Å². The Morgan fingerprint density at radius 3 is 2.68 bits per heavy atom. The van der Waals surface area contributed by atoms with E-state index in [-0.39, 0.29) is 11.3 Å². The topological polar surface area (TPSA) is 59.2 Å². The quantitative estimate of drug-likeness (QED) is 0.913. The van der Waals surface area contributed by atoms with Crippen LogP contribution in [0, 0.1) is 5.92 Å². The highest BCUT2D eigenvalue weighted by atomic mass is 16.1. The molecule has 0 saturated carbocycles. The number of carbonyl (C=O) groups is 1. The summed E-state index contributed by atoms with van der Waals surface area (Å²) < 4.78 is 0. The van der Waals surface area contributed by atoms with Crippen LogP contribution in [0.1, 0.15) is 68.1 Å². The highest BCUT2D eigenvalue weighted by Gasteiger charge is 2.32. The zero-order chi connectivity index (χ0) is 15.9. The lowest BCUT2D eigenvalue weighted by Gasteiger charge is -2.36. The van der Waals surface area contributed by atoms with Gasteiger partial charge in [0.25, 0.3) is 5.91 Å². The van der Waals surface area contributed by atoms with Gasteiger partial charge in [-0.2, -0.15) is 0 Å². The average molecular weight is 301 g/mol. The molecule has 4 heteroatoms. The summed E-state index contributed by atoms with van der Waals surface area (Å²) >= 11 is 0. The largest absolute Gasteiger partial charge is 0.365 e. The monoisotopic (exact) mass is 301 g/mol. The van der Waals surface area contributed by atoms with Crippen LogP contribution in [0.3, 0.4) is 0 Å². The van der Waals surface area contributed by atoms with Gasteiger partial charge in [-0.3, -0.25) is 4.79 Å². The molecule has 1 aromatic heterocycles. The number of hydrogen-bond acceptors (Lipinski definition) is 3. The van der Waals surface area contributed by atoms with Gasteiger partial charge in [0.2, 0.25) is 0 Å². The number of aromatic nitrogens is 1. The Hall–Kier alpha value is -1.58. The second kappa shape index (κ2) is 5.56. The molecule has 2 N–H and O–H groups in total. The highest BCUT2D eigenvalue weighted by molar-refractivity contribution is 5.98. The Morgan fingerprint density at radius 1 is 1.36 bits per heavy atom. The first-order chi connectivity index (χ1) is 10.4. The number of nitrogens with zero attached hydrogens (tertiary/aromatic N) is 2. The molecule has 0 unspecified atom stereocenters. The maximum Gasteiger partial charge on any atom is 0.252 e. The van der Waals surface area contributed by atoms with Crippen molar-refractivity contribution in [2.24, 2.45) is 11.7 Å². The lowest BCUT2D eigenvalue weighted by atomic mass is 9.75. The van der Waals surface area contributed by atoms with Crippen molar-refractivity contribution in [1.29, 1.82) is 0 Å². The average Bonchev–Trinajstić information content (AvgIpc) is 2.47. The van der Waals surface area contributed by atoms with Crippen molar-refractivity contribution in [1.82, 2.24) is 4.98 Å². The van der Waals surface area contributed by atoms with Gasteiger partial charge >= 0.3 is 0 Å². The first-order valence-corrected chi connectivity index (χ1v) is 8.47. The Morgan fingerprint density at radius 2 is 2.05 bits per heavy atom. The second-order valence-corrected chi connectivity index (χ2v) is 7.64. The van der Waals surface area contributed by atoms with E-state index >= 15 is 0 Å². The van der Waals surface area contributed by atoms with E-state index in [4.69, 9.17) is 10.7 Å². The van der Waals surface area contributed by atoms with E-state index in [1.807, 2.05) is 6.07 Å². The molecule has 3 rings (SSSR count). The standard InChI is InChI=1S/C18H27N3O/c1-12-6-9-21(10-7-12)17-14(16(19)22)11-13-5-4-8-18(2,3)15(13)20-17/h11-12H,4-10H2,1-3H3,(H2,19,22). The van der Waals surface area contributed by atoms with E-state index in [2.05, 4.69) is 25.7 Å². The van der Waals surface area contributed by atoms with E-state index in [0.717, 1.165) is 62.6 Å². The molecule has 1 saturated heterocycles. The van der Waals surface area contributed by atoms with E-state index in [0.29, 0.717) is 5.56 Å². The third kappa shape index (κ3) is 2.71. The maximum absolute atomic E-state index is 11.9. The molecule has 0 atom stereocenters. The third-order valence-corrected chi connectivity index (χ3v) is 5.32. The summed E-state index contributed by atoms with van der Waals surface area (Å²) in [7, 11) is 0. The number of fused-ring (bicyclic) bond motifs is 1. The van der Waals surface area contributed by atoms with Crippen molar-refractivity contribution in [2.75, 3.05) is 18.0 Å². The third-order valence-electron chi connectivity index (χ3n) is 5.32. The fourth-order valence-electron chi connectivity index (χ4n) is 3.80. The van der Waals surface area contributed by atoms with Gasteiger partial charge in [-0.25, -0.2) is 4.98 Å². The fourth-order valence-corrected chi connectivity index (χ4v) is 3.80. The highest BCUT2D eigenvalue weighted by Crippen LogP contribution is 2.38. The molecule has 1 aliphatic carbocycles. The van der Waals surface area contributed by atoms with Crippen molar-refractivity contribution in [2.45, 2.75) is 58.3 Å². The van der Waals surface area contributed by atoms with Crippen LogP contribution in [-0.2, 0) is 11.8 Å². The van der Waals surface area contributed by atoms with Crippen LogP contribution in [0.25, 0.3) is 0 Å². The number of hydrogen-bond donors (Lipinski definition) is 1. The van der Waals surface area contributed by atoms with E-state index < -0.39 is 0 Å². The molecule has 1 amide bonds. The number of aryl methyl sites for hydroxylation is 1. The molecule has 0 aromatic carbocycles. The van der Waals surface area contributed by atoms with Crippen LogP contribution >= 0.6 is 0 Å². The molecular formula is C18H27N3O. The van der Waals surface area contributed by atoms with Gasteiger partial charge in [0.1, 0.15) is 5.82 Å². The minimum Gasteiger partial charge on any atom is -0.365 e. The summed E-state index contributed by atoms with van der Waals surface area (Å²) in [5.74, 6) is 1.21. The molecule has 0 spiro atoms. The molecule has 22 heavy (non-hydrogen) atoms. The maximum atomic E-state index is 11.9. The number of piperidine rings is 1. The minimum atomic E-state index is -0.354. The number of anilines is 1. The first kappa shape index (κ1) is 15.3. The predicted octanol–water partition coefficient (Wildman–Crippen LogP) is 3.03. The molecule has 1 fully saturated rings. The lowest BCUT2D eigenvalue weighted by molar-refractivity contribution is 0.1000. The van der Waals surface area contributed by atoms with Gasteiger partial charge < -0.3 is 10.6 Å². The molecule has 4 nitrogen and oxygen atoms in total.